The standard InChI is InChI=1S/C22H26BrN3O/c1-3-17(4-2)22(27)24-13-12-21-25-19-10-5-6-11-20(19)26(21)15-16-8-7-9-18(23)14-16/h5-11,14,17H,3-4,12-13,15H2,1-2H3,(H,24,27). The lowest BCUT2D eigenvalue weighted by atomic mass is 10.0. The second-order valence-electron chi connectivity index (χ2n) is 6.79. The van der Waals surface area contributed by atoms with Crippen molar-refractivity contribution in [3.05, 3.63) is 64.4 Å². The maximum Gasteiger partial charge on any atom is 0.223 e. The Kier molecular flexibility index (Phi) is 6.67. The van der Waals surface area contributed by atoms with Crippen LogP contribution >= 0.6 is 15.9 Å². The highest BCUT2D eigenvalue weighted by atomic mass is 79.9. The van der Waals surface area contributed by atoms with Gasteiger partial charge >= 0.3 is 0 Å². The fourth-order valence-electron chi connectivity index (χ4n) is 3.41. The first-order valence-electron chi connectivity index (χ1n) is 9.58. The first kappa shape index (κ1) is 19.6. The number of rotatable bonds is 8. The third-order valence-corrected chi connectivity index (χ3v) is 5.46. The molecule has 4 nitrogen and oxygen atoms in total. The molecular formula is C22H26BrN3O. The van der Waals surface area contributed by atoms with Crippen LogP contribution in [-0.2, 0) is 17.8 Å². The number of amides is 1. The van der Waals surface area contributed by atoms with Crippen LogP contribution < -0.4 is 5.32 Å². The molecule has 0 spiro atoms. The lowest BCUT2D eigenvalue weighted by Crippen LogP contribution is -2.32. The fraction of sp³-hybridized carbons (Fsp3) is 0.364. The Morgan fingerprint density at radius 2 is 1.93 bits per heavy atom. The van der Waals surface area contributed by atoms with Gasteiger partial charge in [0.1, 0.15) is 5.82 Å². The average molecular weight is 428 g/mol. The average Bonchev–Trinajstić information content (AvgIpc) is 3.00. The summed E-state index contributed by atoms with van der Waals surface area (Å²) in [6.07, 6.45) is 2.47. The van der Waals surface area contributed by atoms with Gasteiger partial charge in [-0.05, 0) is 42.7 Å². The van der Waals surface area contributed by atoms with Crippen LogP contribution in [0.1, 0.15) is 38.1 Å². The second kappa shape index (κ2) is 9.18. The van der Waals surface area contributed by atoms with Crippen LogP contribution in [0.5, 0.6) is 0 Å². The van der Waals surface area contributed by atoms with Crippen molar-refractivity contribution in [2.45, 2.75) is 39.7 Å². The zero-order valence-electron chi connectivity index (χ0n) is 15.9. The van der Waals surface area contributed by atoms with Gasteiger partial charge in [0.15, 0.2) is 0 Å². The first-order chi connectivity index (χ1) is 13.1. The number of carbonyl (C=O) groups is 1. The van der Waals surface area contributed by atoms with Crippen molar-refractivity contribution in [3.63, 3.8) is 0 Å². The van der Waals surface area contributed by atoms with Crippen LogP contribution in [0.15, 0.2) is 53.0 Å². The molecule has 0 saturated heterocycles. The summed E-state index contributed by atoms with van der Waals surface area (Å²) in [5.41, 5.74) is 3.34. The van der Waals surface area contributed by atoms with Gasteiger partial charge < -0.3 is 9.88 Å². The number of hydrogen-bond donors (Lipinski definition) is 1. The number of carbonyl (C=O) groups excluding carboxylic acids is 1. The van der Waals surface area contributed by atoms with Gasteiger partial charge in [-0.15, -0.1) is 0 Å². The largest absolute Gasteiger partial charge is 0.355 e. The molecule has 1 aromatic heterocycles. The van der Waals surface area contributed by atoms with E-state index in [0.717, 1.165) is 40.7 Å². The minimum atomic E-state index is 0.102. The van der Waals surface area contributed by atoms with Crippen molar-refractivity contribution >= 4 is 32.9 Å². The smallest absolute Gasteiger partial charge is 0.223 e. The number of hydrogen-bond acceptors (Lipinski definition) is 2. The highest BCUT2D eigenvalue weighted by Crippen LogP contribution is 2.20. The molecule has 1 heterocycles. The van der Waals surface area contributed by atoms with Gasteiger partial charge in [0.2, 0.25) is 5.91 Å². The molecule has 142 valence electrons. The molecule has 0 saturated carbocycles. The van der Waals surface area contributed by atoms with Crippen LogP contribution in [-0.4, -0.2) is 22.0 Å². The molecule has 5 heteroatoms. The second-order valence-corrected chi connectivity index (χ2v) is 7.70. The number of para-hydroxylation sites is 2. The summed E-state index contributed by atoms with van der Waals surface area (Å²) in [5.74, 6) is 1.25. The normalized spacial score (nSPS) is 11.3. The van der Waals surface area contributed by atoms with E-state index in [0.29, 0.717) is 13.0 Å². The topological polar surface area (TPSA) is 46.9 Å². The zero-order chi connectivity index (χ0) is 19.2. The van der Waals surface area contributed by atoms with Crippen LogP contribution in [0, 0.1) is 5.92 Å². The molecular weight excluding hydrogens is 402 g/mol. The van der Waals surface area contributed by atoms with Crippen LogP contribution in [0.25, 0.3) is 11.0 Å². The summed E-state index contributed by atoms with van der Waals surface area (Å²) < 4.78 is 3.32. The maximum atomic E-state index is 12.2. The lowest BCUT2D eigenvalue weighted by Gasteiger charge is -2.13. The van der Waals surface area contributed by atoms with E-state index in [1.807, 2.05) is 30.3 Å². The lowest BCUT2D eigenvalue weighted by molar-refractivity contribution is -0.125. The molecule has 3 aromatic rings. The van der Waals surface area contributed by atoms with E-state index in [-0.39, 0.29) is 11.8 Å². The van der Waals surface area contributed by atoms with Crippen molar-refractivity contribution in [3.8, 4) is 0 Å². The minimum Gasteiger partial charge on any atom is -0.355 e. The number of nitrogens with zero attached hydrogens (tertiary/aromatic N) is 2. The van der Waals surface area contributed by atoms with Crippen molar-refractivity contribution in [2.75, 3.05) is 6.54 Å². The molecule has 0 bridgehead atoms. The Balaban J connectivity index is 1.79. The zero-order valence-corrected chi connectivity index (χ0v) is 17.5. The molecule has 0 atom stereocenters. The molecule has 0 aliphatic rings. The number of imidazole rings is 1. The summed E-state index contributed by atoms with van der Waals surface area (Å²) in [5, 5.41) is 3.08. The molecule has 0 unspecified atom stereocenters. The van der Waals surface area contributed by atoms with Crippen molar-refractivity contribution in [1.29, 1.82) is 0 Å². The van der Waals surface area contributed by atoms with Crippen LogP contribution in [0.4, 0.5) is 0 Å². The highest BCUT2D eigenvalue weighted by molar-refractivity contribution is 9.10. The summed E-state index contributed by atoms with van der Waals surface area (Å²) in [6, 6.07) is 16.5. The number of nitrogens with one attached hydrogen (secondary N) is 1. The van der Waals surface area contributed by atoms with Gasteiger partial charge in [-0.1, -0.05) is 54.0 Å². The van der Waals surface area contributed by atoms with Gasteiger partial charge in [0.05, 0.1) is 11.0 Å². The Bertz CT molecular complexity index is 915. The first-order valence-corrected chi connectivity index (χ1v) is 10.4. The van der Waals surface area contributed by atoms with Crippen molar-refractivity contribution in [1.82, 2.24) is 14.9 Å². The Morgan fingerprint density at radius 1 is 1.15 bits per heavy atom. The molecule has 27 heavy (non-hydrogen) atoms. The predicted octanol–water partition coefficient (Wildman–Crippen LogP) is 4.94. The Hall–Kier alpha value is -2.14. The molecule has 2 aromatic carbocycles. The van der Waals surface area contributed by atoms with E-state index in [4.69, 9.17) is 4.98 Å². The van der Waals surface area contributed by atoms with Crippen LogP contribution in [0.3, 0.4) is 0 Å². The quantitative estimate of drug-likeness (QED) is 0.552. The summed E-state index contributed by atoms with van der Waals surface area (Å²) >= 11 is 3.55. The Morgan fingerprint density at radius 3 is 2.67 bits per heavy atom. The molecule has 1 N–H and O–H groups in total. The van der Waals surface area contributed by atoms with E-state index in [1.54, 1.807) is 0 Å². The van der Waals surface area contributed by atoms with Crippen LogP contribution in [0.2, 0.25) is 0 Å². The van der Waals surface area contributed by atoms with Gasteiger partial charge in [0, 0.05) is 29.9 Å². The molecule has 0 aliphatic carbocycles. The SMILES string of the molecule is CCC(CC)C(=O)NCCc1nc2ccccc2n1Cc1cccc(Br)c1. The number of halogens is 1. The summed E-state index contributed by atoms with van der Waals surface area (Å²) in [4.78, 5) is 17.1. The molecule has 0 radical (unpaired) electrons. The number of fused-ring (bicyclic) bond motifs is 1. The van der Waals surface area contributed by atoms with E-state index in [1.165, 1.54) is 5.56 Å². The minimum absolute atomic E-state index is 0.102. The van der Waals surface area contributed by atoms with Gasteiger partial charge in [-0.2, -0.15) is 0 Å². The molecule has 0 fully saturated rings. The van der Waals surface area contributed by atoms with E-state index in [9.17, 15) is 4.79 Å². The molecule has 3 rings (SSSR count). The van der Waals surface area contributed by atoms with Gasteiger partial charge in [0.25, 0.3) is 0 Å². The summed E-state index contributed by atoms with van der Waals surface area (Å²) in [6.45, 7) is 5.49. The third kappa shape index (κ3) is 4.78. The fourth-order valence-corrected chi connectivity index (χ4v) is 3.86. The predicted molar refractivity (Wildman–Crippen MR) is 114 cm³/mol. The monoisotopic (exact) mass is 427 g/mol. The summed E-state index contributed by atoms with van der Waals surface area (Å²) in [7, 11) is 0. The van der Waals surface area contributed by atoms with E-state index >= 15 is 0 Å². The molecule has 0 aliphatic heterocycles. The van der Waals surface area contributed by atoms with Gasteiger partial charge in [-0.25, -0.2) is 4.98 Å². The van der Waals surface area contributed by atoms with E-state index in [2.05, 4.69) is 57.9 Å². The molecule has 1 amide bonds. The van der Waals surface area contributed by atoms with Gasteiger partial charge in [-0.3, -0.25) is 4.79 Å². The number of benzene rings is 2. The highest BCUT2D eigenvalue weighted by Gasteiger charge is 2.15. The Labute approximate surface area is 169 Å². The van der Waals surface area contributed by atoms with E-state index < -0.39 is 0 Å². The maximum absolute atomic E-state index is 12.2. The number of aromatic nitrogens is 2. The third-order valence-electron chi connectivity index (χ3n) is 4.97. The van der Waals surface area contributed by atoms with Crippen molar-refractivity contribution in [2.24, 2.45) is 5.92 Å². The van der Waals surface area contributed by atoms with Crippen molar-refractivity contribution < 1.29 is 4.79 Å².